The van der Waals surface area contributed by atoms with E-state index in [1.807, 2.05) is 6.07 Å². The lowest BCUT2D eigenvalue weighted by Gasteiger charge is -2.13. The quantitative estimate of drug-likeness (QED) is 0.361. The molecule has 2 aromatic rings. The summed E-state index contributed by atoms with van der Waals surface area (Å²) in [5, 5.41) is 10.8. The van der Waals surface area contributed by atoms with Crippen molar-refractivity contribution in [2.45, 2.75) is 6.54 Å². The molecule has 1 fully saturated rings. The number of thioether (sulfide) groups is 1. The molecular formula is C16H11N3O3S2. The first-order valence-electron chi connectivity index (χ1n) is 6.93. The van der Waals surface area contributed by atoms with Crippen LogP contribution >= 0.6 is 24.0 Å². The van der Waals surface area contributed by atoms with Crippen LogP contribution in [0.4, 0.5) is 5.69 Å². The number of amides is 1. The average Bonchev–Trinajstić information content (AvgIpc) is 2.83. The Morgan fingerprint density at radius 3 is 2.88 bits per heavy atom. The average molecular weight is 357 g/mol. The fourth-order valence-corrected chi connectivity index (χ4v) is 3.45. The summed E-state index contributed by atoms with van der Waals surface area (Å²) in [6.45, 7) is 0.352. The molecule has 0 spiro atoms. The van der Waals surface area contributed by atoms with E-state index in [2.05, 4.69) is 4.98 Å². The minimum atomic E-state index is -0.467. The molecule has 2 heterocycles. The number of hydrogen-bond acceptors (Lipinski definition) is 6. The van der Waals surface area contributed by atoms with E-state index in [1.54, 1.807) is 36.7 Å². The van der Waals surface area contributed by atoms with Crippen LogP contribution in [-0.2, 0) is 11.3 Å². The van der Waals surface area contributed by atoms with Gasteiger partial charge in [-0.25, -0.2) is 0 Å². The molecule has 0 unspecified atom stereocenters. The second-order valence-corrected chi connectivity index (χ2v) is 6.66. The number of nitrogens with zero attached hydrogens (tertiary/aromatic N) is 3. The van der Waals surface area contributed by atoms with Gasteiger partial charge >= 0.3 is 0 Å². The van der Waals surface area contributed by atoms with Crippen LogP contribution in [0.5, 0.6) is 0 Å². The van der Waals surface area contributed by atoms with E-state index in [0.29, 0.717) is 21.3 Å². The molecule has 1 aliphatic rings. The molecule has 1 aromatic heterocycles. The minimum absolute atomic E-state index is 0.0189. The molecule has 0 atom stereocenters. The fourth-order valence-electron chi connectivity index (χ4n) is 2.19. The Balaban J connectivity index is 1.83. The third-order valence-electron chi connectivity index (χ3n) is 3.32. The van der Waals surface area contributed by atoms with Gasteiger partial charge in [0.25, 0.3) is 11.6 Å². The Morgan fingerprint density at radius 2 is 2.17 bits per heavy atom. The van der Waals surface area contributed by atoms with E-state index in [1.165, 1.54) is 28.8 Å². The zero-order valence-corrected chi connectivity index (χ0v) is 13.9. The Labute approximate surface area is 147 Å². The van der Waals surface area contributed by atoms with Gasteiger partial charge in [-0.1, -0.05) is 42.2 Å². The topological polar surface area (TPSA) is 76.3 Å². The highest BCUT2D eigenvalue weighted by Crippen LogP contribution is 2.33. The second kappa shape index (κ2) is 6.90. The molecule has 8 heteroatoms. The number of rotatable bonds is 4. The van der Waals surface area contributed by atoms with E-state index >= 15 is 0 Å². The Morgan fingerprint density at radius 1 is 1.33 bits per heavy atom. The SMILES string of the molecule is O=C1C(=Cc2cccc([N+](=O)[O-])c2)SC(=S)N1Cc1cccnc1. The zero-order valence-electron chi connectivity index (χ0n) is 12.3. The number of aromatic nitrogens is 1. The number of thiocarbonyl (C=S) groups is 1. The number of pyridine rings is 1. The highest BCUT2D eigenvalue weighted by molar-refractivity contribution is 8.26. The standard InChI is InChI=1S/C16H11N3O3S2/c20-15-14(8-11-3-1-5-13(7-11)19(21)22)24-16(23)18(15)10-12-4-2-6-17-9-12/h1-9H,10H2. The molecule has 24 heavy (non-hydrogen) atoms. The van der Waals surface area contributed by atoms with Gasteiger partial charge in [0.15, 0.2) is 0 Å². The van der Waals surface area contributed by atoms with Crippen molar-refractivity contribution in [3.05, 3.63) is 74.9 Å². The minimum Gasteiger partial charge on any atom is -0.288 e. The maximum atomic E-state index is 12.5. The van der Waals surface area contributed by atoms with Crippen LogP contribution in [0.3, 0.4) is 0 Å². The maximum absolute atomic E-state index is 12.5. The first-order valence-corrected chi connectivity index (χ1v) is 8.16. The number of hydrogen-bond donors (Lipinski definition) is 0. The molecule has 0 bridgehead atoms. The Hall–Kier alpha value is -2.58. The lowest BCUT2D eigenvalue weighted by Crippen LogP contribution is -2.27. The summed E-state index contributed by atoms with van der Waals surface area (Å²) < 4.78 is 0.459. The van der Waals surface area contributed by atoms with Gasteiger partial charge in [0.2, 0.25) is 0 Å². The fraction of sp³-hybridized carbons (Fsp3) is 0.0625. The number of carbonyl (C=O) groups excluding carboxylic acids is 1. The first-order chi connectivity index (χ1) is 11.5. The van der Waals surface area contributed by atoms with E-state index in [9.17, 15) is 14.9 Å². The monoisotopic (exact) mass is 357 g/mol. The highest BCUT2D eigenvalue weighted by atomic mass is 32.2. The number of nitro groups is 1. The normalized spacial score (nSPS) is 16.0. The lowest BCUT2D eigenvalue weighted by molar-refractivity contribution is -0.384. The zero-order chi connectivity index (χ0) is 17.1. The third-order valence-corrected chi connectivity index (χ3v) is 4.69. The summed E-state index contributed by atoms with van der Waals surface area (Å²) in [7, 11) is 0. The van der Waals surface area contributed by atoms with Crippen LogP contribution in [0.2, 0.25) is 0 Å². The van der Waals surface area contributed by atoms with Crippen molar-refractivity contribution < 1.29 is 9.72 Å². The van der Waals surface area contributed by atoms with E-state index in [4.69, 9.17) is 12.2 Å². The van der Waals surface area contributed by atoms with Crippen LogP contribution in [-0.4, -0.2) is 25.0 Å². The number of nitro benzene ring substituents is 1. The molecule has 0 N–H and O–H groups in total. The molecule has 1 amide bonds. The molecular weight excluding hydrogens is 346 g/mol. The van der Waals surface area contributed by atoms with Crippen molar-refractivity contribution in [3.8, 4) is 0 Å². The molecule has 0 radical (unpaired) electrons. The van der Waals surface area contributed by atoms with Crippen molar-refractivity contribution in [3.63, 3.8) is 0 Å². The Kier molecular flexibility index (Phi) is 4.68. The highest BCUT2D eigenvalue weighted by Gasteiger charge is 2.32. The first kappa shape index (κ1) is 16.3. The molecule has 6 nitrogen and oxygen atoms in total. The van der Waals surface area contributed by atoms with Crippen LogP contribution in [0, 0.1) is 10.1 Å². The van der Waals surface area contributed by atoms with Crippen LogP contribution in [0.25, 0.3) is 6.08 Å². The van der Waals surface area contributed by atoms with Gasteiger partial charge in [-0.05, 0) is 23.3 Å². The molecule has 1 aliphatic heterocycles. The molecule has 1 aromatic carbocycles. The predicted molar refractivity (Wildman–Crippen MR) is 96.0 cm³/mol. The second-order valence-electron chi connectivity index (χ2n) is 4.98. The molecule has 0 aliphatic carbocycles. The van der Waals surface area contributed by atoms with Crippen LogP contribution < -0.4 is 0 Å². The van der Waals surface area contributed by atoms with E-state index < -0.39 is 4.92 Å². The predicted octanol–water partition coefficient (Wildman–Crippen LogP) is 3.39. The van der Waals surface area contributed by atoms with Crippen molar-refractivity contribution in [1.82, 2.24) is 9.88 Å². The van der Waals surface area contributed by atoms with E-state index in [-0.39, 0.29) is 11.6 Å². The van der Waals surface area contributed by atoms with E-state index in [0.717, 1.165) is 5.56 Å². The van der Waals surface area contributed by atoms with Crippen LogP contribution in [0.1, 0.15) is 11.1 Å². The van der Waals surface area contributed by atoms with Crippen molar-refractivity contribution in [2.75, 3.05) is 0 Å². The summed E-state index contributed by atoms with van der Waals surface area (Å²) in [5.74, 6) is -0.208. The summed E-state index contributed by atoms with van der Waals surface area (Å²) in [6, 6.07) is 9.79. The molecule has 1 saturated heterocycles. The van der Waals surface area contributed by atoms with Crippen LogP contribution in [0.15, 0.2) is 53.7 Å². The molecule has 3 rings (SSSR count). The van der Waals surface area contributed by atoms with Crippen molar-refractivity contribution in [2.24, 2.45) is 0 Å². The number of carbonyl (C=O) groups is 1. The summed E-state index contributed by atoms with van der Waals surface area (Å²) in [6.07, 6.45) is 4.97. The third kappa shape index (κ3) is 3.50. The Bertz CT molecular complexity index is 853. The van der Waals surface area contributed by atoms with Crippen molar-refractivity contribution >= 4 is 46.0 Å². The van der Waals surface area contributed by atoms with Gasteiger partial charge in [-0.3, -0.25) is 24.8 Å². The summed E-state index contributed by atoms with van der Waals surface area (Å²) in [4.78, 5) is 28.9. The van der Waals surface area contributed by atoms with Crippen molar-refractivity contribution in [1.29, 1.82) is 0 Å². The molecule has 120 valence electrons. The molecule has 0 saturated carbocycles. The van der Waals surface area contributed by atoms with Gasteiger partial charge in [0.05, 0.1) is 16.4 Å². The number of non-ortho nitro benzene ring substituents is 1. The van der Waals surface area contributed by atoms with Gasteiger partial charge in [-0.2, -0.15) is 0 Å². The van der Waals surface area contributed by atoms with Gasteiger partial charge in [0, 0.05) is 24.5 Å². The van der Waals surface area contributed by atoms with Gasteiger partial charge in [0.1, 0.15) is 4.32 Å². The van der Waals surface area contributed by atoms with Gasteiger partial charge in [-0.15, -0.1) is 0 Å². The van der Waals surface area contributed by atoms with Gasteiger partial charge < -0.3 is 0 Å². The summed E-state index contributed by atoms with van der Waals surface area (Å²) >= 11 is 6.46. The summed E-state index contributed by atoms with van der Waals surface area (Å²) in [5.41, 5.74) is 1.45. The number of benzene rings is 1. The largest absolute Gasteiger partial charge is 0.288 e. The lowest BCUT2D eigenvalue weighted by atomic mass is 10.2. The maximum Gasteiger partial charge on any atom is 0.270 e. The smallest absolute Gasteiger partial charge is 0.270 e.